The first-order chi connectivity index (χ1) is 11.7. The van der Waals surface area contributed by atoms with Crippen LogP contribution in [0.3, 0.4) is 0 Å². The van der Waals surface area contributed by atoms with Crippen molar-refractivity contribution in [2.24, 2.45) is 16.7 Å². The molecule has 2 amide bonds. The number of benzene rings is 1. The van der Waals surface area contributed by atoms with E-state index in [0.29, 0.717) is 17.1 Å². The largest absolute Gasteiger partial charge is 0.352 e. The van der Waals surface area contributed by atoms with Gasteiger partial charge in [0.1, 0.15) is 5.00 Å². The summed E-state index contributed by atoms with van der Waals surface area (Å²) in [6.07, 6.45) is 0.875. The van der Waals surface area contributed by atoms with E-state index in [1.54, 1.807) is 0 Å². The van der Waals surface area contributed by atoms with Gasteiger partial charge in [-0.2, -0.15) is 0 Å². The summed E-state index contributed by atoms with van der Waals surface area (Å²) in [5.41, 5.74) is 0.523. The molecule has 25 heavy (non-hydrogen) atoms. The van der Waals surface area contributed by atoms with Crippen LogP contribution in [-0.4, -0.2) is 18.4 Å². The fourth-order valence-electron chi connectivity index (χ4n) is 3.72. The lowest BCUT2D eigenvalue weighted by molar-refractivity contribution is -0.118. The molecule has 1 aromatic heterocycles. The van der Waals surface area contributed by atoms with Gasteiger partial charge in [-0.15, -0.1) is 11.3 Å². The maximum Gasteiger partial charge on any atom is 0.254 e. The lowest BCUT2D eigenvalue weighted by Crippen LogP contribution is -2.25. The molecule has 1 aromatic carbocycles. The van der Waals surface area contributed by atoms with Gasteiger partial charge in [-0.3, -0.25) is 9.59 Å². The highest BCUT2D eigenvalue weighted by Crippen LogP contribution is 2.68. The van der Waals surface area contributed by atoms with Crippen molar-refractivity contribution in [2.75, 3.05) is 11.9 Å². The lowest BCUT2D eigenvalue weighted by atomic mass is 10.0. The first-order valence-corrected chi connectivity index (χ1v) is 9.64. The van der Waals surface area contributed by atoms with Crippen LogP contribution in [0.5, 0.6) is 0 Å². The van der Waals surface area contributed by atoms with E-state index < -0.39 is 0 Å². The Labute approximate surface area is 153 Å². The number of nitrogens with one attached hydrogen (secondary N) is 2. The molecule has 4 nitrogen and oxygen atoms in total. The van der Waals surface area contributed by atoms with Gasteiger partial charge in [0.15, 0.2) is 0 Å². The van der Waals surface area contributed by atoms with Gasteiger partial charge in [0.05, 0.1) is 5.56 Å². The van der Waals surface area contributed by atoms with E-state index in [-0.39, 0.29) is 28.6 Å². The molecule has 0 spiro atoms. The molecule has 1 heterocycles. The summed E-state index contributed by atoms with van der Waals surface area (Å²) in [6, 6.07) is 7.79. The first kappa shape index (κ1) is 17.9. The van der Waals surface area contributed by atoms with E-state index in [0.717, 1.165) is 16.5 Å². The topological polar surface area (TPSA) is 58.2 Å². The van der Waals surface area contributed by atoms with Gasteiger partial charge < -0.3 is 10.6 Å². The molecule has 1 fully saturated rings. The Balaban J connectivity index is 1.93. The summed E-state index contributed by atoms with van der Waals surface area (Å²) in [7, 11) is 0. The van der Waals surface area contributed by atoms with Crippen molar-refractivity contribution in [2.45, 2.75) is 41.0 Å². The second kappa shape index (κ2) is 6.13. The average Bonchev–Trinajstić information content (AvgIpc) is 2.81. The van der Waals surface area contributed by atoms with Gasteiger partial charge in [-0.1, -0.05) is 52.8 Å². The zero-order valence-electron chi connectivity index (χ0n) is 15.5. The maximum absolute atomic E-state index is 12.8. The molecular weight excluding hydrogens is 332 g/mol. The molecule has 134 valence electrons. The molecule has 0 atom stereocenters. The number of fused-ring (bicyclic) bond motifs is 1. The summed E-state index contributed by atoms with van der Waals surface area (Å²) in [5.74, 6) is -0.160. The second-order valence-corrected chi connectivity index (χ2v) is 8.98. The van der Waals surface area contributed by atoms with Crippen molar-refractivity contribution in [3.05, 3.63) is 29.8 Å². The Morgan fingerprint density at radius 1 is 1.12 bits per heavy atom. The summed E-state index contributed by atoms with van der Waals surface area (Å²) in [4.78, 5) is 25.5. The predicted molar refractivity (Wildman–Crippen MR) is 104 cm³/mol. The van der Waals surface area contributed by atoms with Crippen LogP contribution in [0.2, 0.25) is 0 Å². The van der Waals surface area contributed by atoms with Crippen LogP contribution >= 0.6 is 11.3 Å². The average molecular weight is 359 g/mol. The van der Waals surface area contributed by atoms with Crippen LogP contribution in [0.25, 0.3) is 10.1 Å². The molecule has 2 aromatic rings. The van der Waals surface area contributed by atoms with Crippen molar-refractivity contribution < 1.29 is 9.59 Å². The number of hydrogen-bond donors (Lipinski definition) is 2. The summed E-state index contributed by atoms with van der Waals surface area (Å²) in [5, 5.41) is 7.53. The van der Waals surface area contributed by atoms with Crippen molar-refractivity contribution in [3.8, 4) is 0 Å². The minimum absolute atomic E-state index is 0.00565. The minimum Gasteiger partial charge on any atom is -0.352 e. The Morgan fingerprint density at radius 2 is 1.76 bits per heavy atom. The van der Waals surface area contributed by atoms with Crippen LogP contribution < -0.4 is 10.6 Å². The molecule has 3 rings (SSSR count). The fraction of sp³-hybridized carbons (Fsp3) is 0.500. The first-order valence-electron chi connectivity index (χ1n) is 8.82. The molecule has 1 saturated carbocycles. The van der Waals surface area contributed by atoms with E-state index in [2.05, 4.69) is 38.3 Å². The van der Waals surface area contributed by atoms with Gasteiger partial charge in [-0.05, 0) is 23.3 Å². The SMILES string of the molecule is CCCNC(=O)c1c(NC(=O)C2C(C)(C)C2(C)C)sc2ccccc12. The predicted octanol–water partition coefficient (Wildman–Crippen LogP) is 4.66. The highest BCUT2D eigenvalue weighted by atomic mass is 32.1. The molecule has 0 radical (unpaired) electrons. The smallest absolute Gasteiger partial charge is 0.254 e. The Morgan fingerprint density at radius 3 is 2.36 bits per heavy atom. The summed E-state index contributed by atoms with van der Waals surface area (Å²) < 4.78 is 1.01. The van der Waals surface area contributed by atoms with Crippen LogP contribution in [0.4, 0.5) is 5.00 Å². The van der Waals surface area contributed by atoms with Gasteiger partial charge in [0.2, 0.25) is 5.91 Å². The van der Waals surface area contributed by atoms with E-state index in [4.69, 9.17) is 0 Å². The molecule has 1 aliphatic carbocycles. The monoisotopic (exact) mass is 358 g/mol. The van der Waals surface area contributed by atoms with Crippen molar-refractivity contribution in [1.29, 1.82) is 0 Å². The van der Waals surface area contributed by atoms with Crippen LogP contribution in [0.1, 0.15) is 51.4 Å². The van der Waals surface area contributed by atoms with Crippen molar-refractivity contribution in [3.63, 3.8) is 0 Å². The lowest BCUT2D eigenvalue weighted by Gasteiger charge is -2.08. The zero-order chi connectivity index (χ0) is 18.4. The standard InChI is InChI=1S/C20H26N2O2S/c1-6-11-21-16(23)14-12-9-7-8-10-13(12)25-18(14)22-17(24)15-19(2,3)20(15,4)5/h7-10,15H,6,11H2,1-5H3,(H,21,23)(H,22,24). The maximum atomic E-state index is 12.8. The third-order valence-electron chi connectivity index (χ3n) is 5.88. The molecule has 0 unspecified atom stereocenters. The highest BCUT2D eigenvalue weighted by molar-refractivity contribution is 7.23. The number of carbonyl (C=O) groups excluding carboxylic acids is 2. The molecule has 0 aliphatic heterocycles. The number of amides is 2. The quantitative estimate of drug-likeness (QED) is 0.816. The third kappa shape index (κ3) is 2.84. The summed E-state index contributed by atoms with van der Waals surface area (Å²) in [6.45, 7) is 11.1. The van der Waals surface area contributed by atoms with E-state index in [1.165, 1.54) is 11.3 Å². The third-order valence-corrected chi connectivity index (χ3v) is 6.96. The van der Waals surface area contributed by atoms with Gasteiger partial charge in [-0.25, -0.2) is 0 Å². The molecule has 2 N–H and O–H groups in total. The Bertz CT molecular complexity index is 821. The van der Waals surface area contributed by atoms with Crippen LogP contribution in [0.15, 0.2) is 24.3 Å². The zero-order valence-corrected chi connectivity index (χ0v) is 16.3. The molecule has 0 saturated heterocycles. The number of rotatable bonds is 5. The van der Waals surface area contributed by atoms with Crippen LogP contribution in [0, 0.1) is 16.7 Å². The van der Waals surface area contributed by atoms with E-state index in [9.17, 15) is 9.59 Å². The molecular formula is C20H26N2O2S. The summed E-state index contributed by atoms with van der Waals surface area (Å²) >= 11 is 1.47. The number of anilines is 1. The molecule has 0 bridgehead atoms. The Hall–Kier alpha value is -1.88. The minimum atomic E-state index is -0.121. The van der Waals surface area contributed by atoms with Crippen molar-refractivity contribution >= 4 is 38.2 Å². The molecule has 5 heteroatoms. The van der Waals surface area contributed by atoms with E-state index >= 15 is 0 Å². The molecule has 1 aliphatic rings. The van der Waals surface area contributed by atoms with Gasteiger partial charge in [0, 0.05) is 22.5 Å². The van der Waals surface area contributed by atoms with Crippen molar-refractivity contribution in [1.82, 2.24) is 5.32 Å². The van der Waals surface area contributed by atoms with Gasteiger partial charge >= 0.3 is 0 Å². The normalized spacial score (nSPS) is 18.1. The second-order valence-electron chi connectivity index (χ2n) is 7.92. The highest BCUT2D eigenvalue weighted by Gasteiger charge is 2.68. The van der Waals surface area contributed by atoms with E-state index in [1.807, 2.05) is 31.2 Å². The fourth-order valence-corrected chi connectivity index (χ4v) is 4.82. The van der Waals surface area contributed by atoms with Gasteiger partial charge in [0.25, 0.3) is 5.91 Å². The Kier molecular flexibility index (Phi) is 4.40. The number of carbonyl (C=O) groups is 2. The van der Waals surface area contributed by atoms with Crippen LogP contribution in [-0.2, 0) is 4.79 Å². The number of thiophene rings is 1. The number of hydrogen-bond acceptors (Lipinski definition) is 3.